The normalized spacial score (nSPS) is 40.9. The van der Waals surface area contributed by atoms with Crippen LogP contribution in [0, 0.1) is 11.8 Å². The second kappa shape index (κ2) is 3.52. The highest BCUT2D eigenvalue weighted by atomic mass is 16.5. The van der Waals surface area contributed by atoms with Gasteiger partial charge in [0.1, 0.15) is 0 Å². The monoisotopic (exact) mass is 160 g/mol. The molecule has 0 saturated carbocycles. The van der Waals surface area contributed by atoms with Crippen molar-refractivity contribution in [2.45, 2.75) is 26.1 Å². The van der Waals surface area contributed by atoms with E-state index in [9.17, 15) is 5.11 Å². The minimum Gasteiger partial charge on any atom is -0.396 e. The summed E-state index contributed by atoms with van der Waals surface area (Å²) in [6.45, 7) is 4.42. The molecule has 0 amide bonds. The summed E-state index contributed by atoms with van der Waals surface area (Å²) in [7, 11) is 0. The summed E-state index contributed by atoms with van der Waals surface area (Å²) < 4.78 is 5.32. The van der Waals surface area contributed by atoms with Crippen molar-refractivity contribution in [3.8, 4) is 0 Å². The zero-order chi connectivity index (χ0) is 8.43. The molecule has 1 saturated heterocycles. The van der Waals surface area contributed by atoms with Gasteiger partial charge in [0.05, 0.1) is 18.8 Å². The van der Waals surface area contributed by atoms with Gasteiger partial charge in [-0.1, -0.05) is 13.8 Å². The fourth-order valence-corrected chi connectivity index (χ4v) is 1.52. The van der Waals surface area contributed by atoms with Gasteiger partial charge in [0.25, 0.3) is 0 Å². The molecule has 2 N–H and O–H groups in total. The Kier molecular flexibility index (Phi) is 2.87. The Balaban J connectivity index is 2.47. The highest BCUT2D eigenvalue weighted by Crippen LogP contribution is 2.26. The standard InChI is InChI=1S/C8H16O3/c1-5(3-9)8-6(2)7(10)4-11-8/h5-10H,3-4H2,1-2H3/t5-,6+,7+,8-/m1/s1. The van der Waals surface area contributed by atoms with E-state index in [1.54, 1.807) is 0 Å². The fraction of sp³-hybridized carbons (Fsp3) is 1.00. The van der Waals surface area contributed by atoms with Crippen molar-refractivity contribution in [2.75, 3.05) is 13.2 Å². The zero-order valence-corrected chi connectivity index (χ0v) is 7.03. The first-order chi connectivity index (χ1) is 5.16. The number of aliphatic hydroxyl groups excluding tert-OH is 2. The molecule has 1 rings (SSSR count). The number of aliphatic hydroxyl groups is 2. The number of rotatable bonds is 2. The molecule has 66 valence electrons. The van der Waals surface area contributed by atoms with E-state index in [1.165, 1.54) is 0 Å². The van der Waals surface area contributed by atoms with Gasteiger partial charge in [-0.3, -0.25) is 0 Å². The first-order valence-corrected chi connectivity index (χ1v) is 4.07. The summed E-state index contributed by atoms with van der Waals surface area (Å²) in [4.78, 5) is 0. The van der Waals surface area contributed by atoms with Crippen molar-refractivity contribution < 1.29 is 14.9 Å². The first kappa shape index (κ1) is 8.97. The molecule has 0 aromatic carbocycles. The van der Waals surface area contributed by atoms with Gasteiger partial charge in [0, 0.05) is 18.4 Å². The fourth-order valence-electron chi connectivity index (χ4n) is 1.52. The van der Waals surface area contributed by atoms with Crippen LogP contribution in [0.25, 0.3) is 0 Å². The summed E-state index contributed by atoms with van der Waals surface area (Å²) >= 11 is 0. The summed E-state index contributed by atoms with van der Waals surface area (Å²) in [5, 5.41) is 18.1. The Morgan fingerprint density at radius 2 is 2.27 bits per heavy atom. The molecule has 4 atom stereocenters. The molecule has 1 aliphatic rings. The van der Waals surface area contributed by atoms with Crippen molar-refractivity contribution in [3.63, 3.8) is 0 Å². The van der Waals surface area contributed by atoms with Crippen LogP contribution in [0.2, 0.25) is 0 Å². The van der Waals surface area contributed by atoms with Crippen LogP contribution in [-0.2, 0) is 4.74 Å². The predicted octanol–water partition coefficient (Wildman–Crippen LogP) is 0.0106. The van der Waals surface area contributed by atoms with Crippen molar-refractivity contribution in [1.82, 2.24) is 0 Å². The van der Waals surface area contributed by atoms with Gasteiger partial charge in [-0.25, -0.2) is 0 Å². The molecule has 0 radical (unpaired) electrons. The second-order valence-corrected chi connectivity index (χ2v) is 3.38. The second-order valence-electron chi connectivity index (χ2n) is 3.38. The van der Waals surface area contributed by atoms with Crippen molar-refractivity contribution in [2.24, 2.45) is 11.8 Å². The van der Waals surface area contributed by atoms with E-state index >= 15 is 0 Å². The third-order valence-corrected chi connectivity index (χ3v) is 2.43. The molecule has 1 aliphatic heterocycles. The van der Waals surface area contributed by atoms with E-state index in [-0.39, 0.29) is 30.7 Å². The van der Waals surface area contributed by atoms with Crippen LogP contribution in [0.15, 0.2) is 0 Å². The lowest BCUT2D eigenvalue weighted by Crippen LogP contribution is -2.28. The third-order valence-electron chi connectivity index (χ3n) is 2.43. The van der Waals surface area contributed by atoms with Gasteiger partial charge >= 0.3 is 0 Å². The predicted molar refractivity (Wildman–Crippen MR) is 41.2 cm³/mol. The van der Waals surface area contributed by atoms with Crippen LogP contribution in [0.5, 0.6) is 0 Å². The summed E-state index contributed by atoms with van der Waals surface area (Å²) in [5.41, 5.74) is 0. The molecule has 0 aromatic heterocycles. The highest BCUT2D eigenvalue weighted by Gasteiger charge is 2.35. The molecular formula is C8H16O3. The van der Waals surface area contributed by atoms with Crippen LogP contribution in [0.3, 0.4) is 0 Å². The highest BCUT2D eigenvalue weighted by molar-refractivity contribution is 4.83. The smallest absolute Gasteiger partial charge is 0.0824 e. The van der Waals surface area contributed by atoms with E-state index in [4.69, 9.17) is 9.84 Å². The third kappa shape index (κ3) is 1.72. The average Bonchev–Trinajstić information content (AvgIpc) is 2.32. The van der Waals surface area contributed by atoms with Crippen LogP contribution in [0.4, 0.5) is 0 Å². The van der Waals surface area contributed by atoms with Gasteiger partial charge < -0.3 is 14.9 Å². The van der Waals surface area contributed by atoms with Crippen LogP contribution in [-0.4, -0.2) is 35.6 Å². The van der Waals surface area contributed by atoms with E-state index in [0.29, 0.717) is 6.61 Å². The lowest BCUT2D eigenvalue weighted by molar-refractivity contribution is 0.0277. The zero-order valence-electron chi connectivity index (χ0n) is 7.03. The molecule has 3 heteroatoms. The number of ether oxygens (including phenoxy) is 1. The molecule has 0 unspecified atom stereocenters. The maximum Gasteiger partial charge on any atom is 0.0824 e. The minimum atomic E-state index is -0.353. The van der Waals surface area contributed by atoms with Gasteiger partial charge in [0.15, 0.2) is 0 Å². The van der Waals surface area contributed by atoms with Crippen LogP contribution < -0.4 is 0 Å². The van der Waals surface area contributed by atoms with Crippen molar-refractivity contribution in [3.05, 3.63) is 0 Å². The summed E-state index contributed by atoms with van der Waals surface area (Å²) in [5.74, 6) is 0.277. The molecule has 1 heterocycles. The molecular weight excluding hydrogens is 144 g/mol. The number of hydrogen-bond acceptors (Lipinski definition) is 3. The van der Waals surface area contributed by atoms with Crippen molar-refractivity contribution >= 4 is 0 Å². The largest absolute Gasteiger partial charge is 0.396 e. The van der Waals surface area contributed by atoms with E-state index in [0.717, 1.165) is 0 Å². The first-order valence-electron chi connectivity index (χ1n) is 4.07. The Morgan fingerprint density at radius 3 is 2.64 bits per heavy atom. The van der Waals surface area contributed by atoms with Crippen LogP contribution >= 0.6 is 0 Å². The van der Waals surface area contributed by atoms with E-state index in [2.05, 4.69) is 0 Å². The maximum absolute atomic E-state index is 9.31. The Morgan fingerprint density at radius 1 is 1.64 bits per heavy atom. The van der Waals surface area contributed by atoms with Gasteiger partial charge in [-0.05, 0) is 0 Å². The summed E-state index contributed by atoms with van der Waals surface area (Å²) in [6.07, 6.45) is -0.330. The Hall–Kier alpha value is -0.120. The van der Waals surface area contributed by atoms with Gasteiger partial charge in [-0.15, -0.1) is 0 Å². The van der Waals surface area contributed by atoms with Gasteiger partial charge in [0.2, 0.25) is 0 Å². The Bertz CT molecular complexity index is 127. The molecule has 3 nitrogen and oxygen atoms in total. The molecule has 0 aromatic rings. The molecule has 1 fully saturated rings. The Labute approximate surface area is 67.0 Å². The molecule has 0 bridgehead atoms. The van der Waals surface area contributed by atoms with Crippen LogP contribution in [0.1, 0.15) is 13.8 Å². The number of hydrogen-bond donors (Lipinski definition) is 2. The van der Waals surface area contributed by atoms with Gasteiger partial charge in [-0.2, -0.15) is 0 Å². The molecule has 0 spiro atoms. The lowest BCUT2D eigenvalue weighted by atomic mass is 9.92. The SMILES string of the molecule is C[C@@H]1[C@@H]([C@H](C)CO)OC[C@@H]1O. The minimum absolute atomic E-state index is 0.0231. The molecule has 11 heavy (non-hydrogen) atoms. The average molecular weight is 160 g/mol. The molecule has 0 aliphatic carbocycles. The topological polar surface area (TPSA) is 49.7 Å². The quantitative estimate of drug-likeness (QED) is 0.598. The van der Waals surface area contributed by atoms with Crippen molar-refractivity contribution in [1.29, 1.82) is 0 Å². The lowest BCUT2D eigenvalue weighted by Gasteiger charge is -2.20. The van der Waals surface area contributed by atoms with E-state index in [1.807, 2.05) is 13.8 Å². The van der Waals surface area contributed by atoms with E-state index < -0.39 is 0 Å². The maximum atomic E-state index is 9.31. The summed E-state index contributed by atoms with van der Waals surface area (Å²) in [6, 6.07) is 0.